The maximum Gasteiger partial charge on any atom is 0.0487 e. The molecule has 1 aromatic rings. The Bertz CT molecular complexity index is 177. The summed E-state index contributed by atoms with van der Waals surface area (Å²) >= 11 is 0. The third-order valence-electron chi connectivity index (χ3n) is 1.18. The average molecular weight is 173 g/mol. The quantitative estimate of drug-likeness (QED) is 0.682. The molecule has 0 radical (unpaired) electrons. The molecular formula is C8H13ClN2. The SMILES string of the molecule is CCNNc1ccccc1.Cl. The molecule has 0 saturated carbocycles. The zero-order chi connectivity index (χ0) is 7.23. The first-order chi connectivity index (χ1) is 4.93. The minimum absolute atomic E-state index is 0. The normalized spacial score (nSPS) is 8.45. The van der Waals surface area contributed by atoms with E-state index in [4.69, 9.17) is 0 Å². The molecule has 62 valence electrons. The van der Waals surface area contributed by atoms with Gasteiger partial charge in [0.2, 0.25) is 0 Å². The first kappa shape index (κ1) is 10.3. The Morgan fingerprint density at radius 1 is 1.18 bits per heavy atom. The van der Waals surface area contributed by atoms with E-state index in [2.05, 4.69) is 17.8 Å². The van der Waals surface area contributed by atoms with Crippen LogP contribution in [0.25, 0.3) is 0 Å². The maximum atomic E-state index is 3.04. The van der Waals surface area contributed by atoms with Gasteiger partial charge in [-0.25, -0.2) is 5.43 Å². The number of hydrazine groups is 1. The predicted molar refractivity (Wildman–Crippen MR) is 51.0 cm³/mol. The molecule has 1 rings (SSSR count). The number of nitrogens with one attached hydrogen (secondary N) is 2. The van der Waals surface area contributed by atoms with Crippen molar-refractivity contribution in [3.8, 4) is 0 Å². The van der Waals surface area contributed by atoms with Gasteiger partial charge >= 0.3 is 0 Å². The monoisotopic (exact) mass is 172 g/mol. The number of hydrogen-bond donors (Lipinski definition) is 2. The van der Waals surface area contributed by atoms with Crippen molar-refractivity contribution >= 4 is 18.1 Å². The molecule has 11 heavy (non-hydrogen) atoms. The number of anilines is 1. The summed E-state index contributed by atoms with van der Waals surface area (Å²) in [5.41, 5.74) is 7.16. The Hall–Kier alpha value is -0.730. The third kappa shape index (κ3) is 3.86. The van der Waals surface area contributed by atoms with Gasteiger partial charge in [-0.3, -0.25) is 0 Å². The highest BCUT2D eigenvalue weighted by atomic mass is 35.5. The van der Waals surface area contributed by atoms with E-state index < -0.39 is 0 Å². The smallest absolute Gasteiger partial charge is 0.0487 e. The van der Waals surface area contributed by atoms with E-state index >= 15 is 0 Å². The Morgan fingerprint density at radius 2 is 1.82 bits per heavy atom. The number of benzene rings is 1. The molecule has 0 unspecified atom stereocenters. The Kier molecular flexibility index (Phi) is 5.61. The van der Waals surface area contributed by atoms with E-state index in [1.807, 2.05) is 30.3 Å². The molecule has 0 fully saturated rings. The zero-order valence-corrected chi connectivity index (χ0v) is 7.32. The van der Waals surface area contributed by atoms with Gasteiger partial charge in [0.1, 0.15) is 0 Å². The molecule has 2 nitrogen and oxygen atoms in total. The minimum Gasteiger partial charge on any atom is -0.322 e. The second-order valence-corrected chi connectivity index (χ2v) is 2.02. The Labute approximate surface area is 73.4 Å². The molecule has 0 aliphatic heterocycles. The van der Waals surface area contributed by atoms with Gasteiger partial charge in [0, 0.05) is 12.2 Å². The predicted octanol–water partition coefficient (Wildman–Crippen LogP) is 2.04. The number of rotatable bonds is 3. The van der Waals surface area contributed by atoms with Crippen LogP contribution in [0.15, 0.2) is 30.3 Å². The molecule has 3 heteroatoms. The van der Waals surface area contributed by atoms with Crippen molar-refractivity contribution in [2.45, 2.75) is 6.92 Å². The summed E-state index contributed by atoms with van der Waals surface area (Å²) in [6.45, 7) is 2.98. The van der Waals surface area contributed by atoms with Crippen LogP contribution in [0.1, 0.15) is 6.92 Å². The van der Waals surface area contributed by atoms with Crippen LogP contribution in [0.2, 0.25) is 0 Å². The summed E-state index contributed by atoms with van der Waals surface area (Å²) in [5.74, 6) is 0. The highest BCUT2D eigenvalue weighted by molar-refractivity contribution is 5.85. The molecule has 0 aliphatic rings. The van der Waals surface area contributed by atoms with Crippen molar-refractivity contribution in [1.29, 1.82) is 0 Å². The van der Waals surface area contributed by atoms with Gasteiger partial charge in [0.05, 0.1) is 0 Å². The van der Waals surface area contributed by atoms with Crippen LogP contribution in [0.3, 0.4) is 0 Å². The van der Waals surface area contributed by atoms with Gasteiger partial charge in [-0.1, -0.05) is 25.1 Å². The summed E-state index contributed by atoms with van der Waals surface area (Å²) < 4.78 is 0. The summed E-state index contributed by atoms with van der Waals surface area (Å²) in [6.07, 6.45) is 0. The fourth-order valence-corrected chi connectivity index (χ4v) is 0.712. The molecule has 0 amide bonds. The van der Waals surface area contributed by atoms with E-state index in [1.165, 1.54) is 0 Å². The molecule has 0 spiro atoms. The molecule has 0 heterocycles. The van der Waals surface area contributed by atoms with Crippen molar-refractivity contribution in [2.24, 2.45) is 0 Å². The lowest BCUT2D eigenvalue weighted by molar-refractivity contribution is 0.844. The lowest BCUT2D eigenvalue weighted by atomic mass is 10.3. The van der Waals surface area contributed by atoms with Crippen molar-refractivity contribution < 1.29 is 0 Å². The molecule has 0 saturated heterocycles. The second-order valence-electron chi connectivity index (χ2n) is 2.02. The summed E-state index contributed by atoms with van der Waals surface area (Å²) in [4.78, 5) is 0. The molecule has 0 atom stereocenters. The lowest BCUT2D eigenvalue weighted by Crippen LogP contribution is -2.20. The minimum atomic E-state index is 0. The van der Waals surface area contributed by atoms with Crippen LogP contribution in [0, 0.1) is 0 Å². The van der Waals surface area contributed by atoms with E-state index in [0.717, 1.165) is 12.2 Å². The van der Waals surface area contributed by atoms with Gasteiger partial charge in [0.25, 0.3) is 0 Å². The van der Waals surface area contributed by atoms with Crippen LogP contribution in [-0.4, -0.2) is 6.54 Å². The topological polar surface area (TPSA) is 24.1 Å². The van der Waals surface area contributed by atoms with E-state index in [1.54, 1.807) is 0 Å². The van der Waals surface area contributed by atoms with E-state index in [9.17, 15) is 0 Å². The van der Waals surface area contributed by atoms with Gasteiger partial charge in [-0.15, -0.1) is 12.4 Å². The lowest BCUT2D eigenvalue weighted by Gasteiger charge is -2.03. The third-order valence-corrected chi connectivity index (χ3v) is 1.18. The molecule has 0 aromatic heterocycles. The first-order valence-corrected chi connectivity index (χ1v) is 3.47. The maximum absolute atomic E-state index is 3.04. The van der Waals surface area contributed by atoms with E-state index in [0.29, 0.717) is 0 Å². The Balaban J connectivity index is 0.000001000. The molecule has 1 aromatic carbocycles. The van der Waals surface area contributed by atoms with Gasteiger partial charge < -0.3 is 5.43 Å². The highest BCUT2D eigenvalue weighted by Crippen LogP contribution is 2.01. The molecule has 0 aliphatic carbocycles. The van der Waals surface area contributed by atoms with Gasteiger partial charge in [-0.05, 0) is 12.1 Å². The summed E-state index contributed by atoms with van der Waals surface area (Å²) in [6, 6.07) is 10.0. The summed E-state index contributed by atoms with van der Waals surface area (Å²) in [5, 5.41) is 0. The number of hydrogen-bond acceptors (Lipinski definition) is 2. The van der Waals surface area contributed by atoms with Crippen LogP contribution in [0.5, 0.6) is 0 Å². The van der Waals surface area contributed by atoms with Crippen molar-refractivity contribution in [1.82, 2.24) is 5.43 Å². The number of halogens is 1. The largest absolute Gasteiger partial charge is 0.322 e. The first-order valence-electron chi connectivity index (χ1n) is 3.47. The highest BCUT2D eigenvalue weighted by Gasteiger charge is 1.83. The van der Waals surface area contributed by atoms with Crippen LogP contribution in [0.4, 0.5) is 5.69 Å². The van der Waals surface area contributed by atoms with E-state index in [-0.39, 0.29) is 12.4 Å². The fourth-order valence-electron chi connectivity index (χ4n) is 0.712. The Morgan fingerprint density at radius 3 is 2.36 bits per heavy atom. The fraction of sp³-hybridized carbons (Fsp3) is 0.250. The van der Waals surface area contributed by atoms with Crippen LogP contribution < -0.4 is 10.9 Å². The van der Waals surface area contributed by atoms with Crippen LogP contribution in [-0.2, 0) is 0 Å². The van der Waals surface area contributed by atoms with Crippen molar-refractivity contribution in [2.75, 3.05) is 12.0 Å². The second kappa shape index (κ2) is 6.01. The molecule has 2 N–H and O–H groups in total. The summed E-state index contributed by atoms with van der Waals surface area (Å²) in [7, 11) is 0. The van der Waals surface area contributed by atoms with Gasteiger partial charge in [0.15, 0.2) is 0 Å². The van der Waals surface area contributed by atoms with Gasteiger partial charge in [-0.2, -0.15) is 0 Å². The average Bonchev–Trinajstić information content (AvgIpc) is 2.03. The standard InChI is InChI=1S/C8H12N2.ClH/c1-2-9-10-8-6-4-3-5-7-8;/h3-7,9-10H,2H2,1H3;1H. The number of para-hydroxylation sites is 1. The zero-order valence-electron chi connectivity index (χ0n) is 6.50. The molecule has 0 bridgehead atoms. The van der Waals surface area contributed by atoms with Crippen LogP contribution >= 0.6 is 12.4 Å². The van der Waals surface area contributed by atoms with Crippen molar-refractivity contribution in [3.63, 3.8) is 0 Å². The molecular weight excluding hydrogens is 160 g/mol. The van der Waals surface area contributed by atoms with Crippen molar-refractivity contribution in [3.05, 3.63) is 30.3 Å².